The molecule has 1 saturated carbocycles. The van der Waals surface area contributed by atoms with Crippen molar-refractivity contribution in [1.82, 2.24) is 5.32 Å². The Morgan fingerprint density at radius 1 is 1.56 bits per heavy atom. The third kappa shape index (κ3) is 2.14. The summed E-state index contributed by atoms with van der Waals surface area (Å²) in [6.07, 6.45) is 7.51. The van der Waals surface area contributed by atoms with Crippen molar-refractivity contribution >= 4 is 5.91 Å². The molecule has 2 aliphatic rings. The number of amides is 1. The normalized spacial score (nSPS) is 35.8. The van der Waals surface area contributed by atoms with Gasteiger partial charge in [0.25, 0.3) is 0 Å². The molecule has 2 aliphatic carbocycles. The molecule has 0 aliphatic heterocycles. The number of hydrogen-bond donors (Lipinski definition) is 2. The Labute approximate surface area is 96.9 Å². The second-order valence-corrected chi connectivity index (χ2v) is 5.66. The van der Waals surface area contributed by atoms with Crippen LogP contribution in [0.25, 0.3) is 0 Å². The molecule has 3 nitrogen and oxygen atoms in total. The van der Waals surface area contributed by atoms with Crippen LogP contribution in [0.1, 0.15) is 39.5 Å². The zero-order valence-corrected chi connectivity index (χ0v) is 10.1. The molecular formula is C13H21NO2. The van der Waals surface area contributed by atoms with Crippen LogP contribution in [0.2, 0.25) is 0 Å². The predicted molar refractivity (Wildman–Crippen MR) is 62.8 cm³/mol. The Hall–Kier alpha value is -0.830. The molecule has 0 aromatic rings. The molecule has 3 unspecified atom stereocenters. The van der Waals surface area contributed by atoms with Gasteiger partial charge in [0.1, 0.15) is 0 Å². The van der Waals surface area contributed by atoms with Gasteiger partial charge in [-0.05, 0) is 25.2 Å². The van der Waals surface area contributed by atoms with Gasteiger partial charge >= 0.3 is 0 Å². The first-order valence-corrected chi connectivity index (χ1v) is 6.14. The Kier molecular flexibility index (Phi) is 3.06. The topological polar surface area (TPSA) is 49.3 Å². The monoisotopic (exact) mass is 223 g/mol. The predicted octanol–water partition coefficient (Wildman–Crippen LogP) is 1.62. The minimum absolute atomic E-state index is 0.126. The molecule has 16 heavy (non-hydrogen) atoms. The Bertz CT molecular complexity index is 309. The minimum atomic E-state index is -0.274. The van der Waals surface area contributed by atoms with Crippen LogP contribution in [0.5, 0.6) is 0 Å². The quantitative estimate of drug-likeness (QED) is 0.714. The molecule has 0 spiro atoms. The van der Waals surface area contributed by atoms with Crippen molar-refractivity contribution in [1.29, 1.82) is 0 Å². The summed E-state index contributed by atoms with van der Waals surface area (Å²) in [4.78, 5) is 11.8. The van der Waals surface area contributed by atoms with E-state index in [1.807, 2.05) is 13.8 Å². The summed E-state index contributed by atoms with van der Waals surface area (Å²) >= 11 is 0. The largest absolute Gasteiger partial charge is 0.392 e. The lowest BCUT2D eigenvalue weighted by molar-refractivity contribution is -0.129. The van der Waals surface area contributed by atoms with Gasteiger partial charge in [-0.1, -0.05) is 26.0 Å². The van der Waals surface area contributed by atoms with Gasteiger partial charge in [-0.2, -0.15) is 0 Å². The highest BCUT2D eigenvalue weighted by molar-refractivity contribution is 5.77. The second kappa shape index (κ2) is 4.21. The number of carbonyl (C=O) groups excluding carboxylic acids is 1. The fourth-order valence-corrected chi connectivity index (χ4v) is 2.50. The minimum Gasteiger partial charge on any atom is -0.392 e. The van der Waals surface area contributed by atoms with Gasteiger partial charge in [0, 0.05) is 17.9 Å². The molecule has 1 fully saturated rings. The molecule has 0 bridgehead atoms. The number of allylic oxidation sites excluding steroid dienone is 2. The zero-order valence-electron chi connectivity index (χ0n) is 10.1. The lowest BCUT2D eigenvalue weighted by atomic mass is 9.64. The fourth-order valence-electron chi connectivity index (χ4n) is 2.50. The highest BCUT2D eigenvalue weighted by Gasteiger charge is 2.47. The van der Waals surface area contributed by atoms with E-state index in [-0.39, 0.29) is 23.5 Å². The molecule has 0 heterocycles. The Morgan fingerprint density at radius 2 is 2.31 bits per heavy atom. The van der Waals surface area contributed by atoms with Crippen molar-refractivity contribution < 1.29 is 9.90 Å². The van der Waals surface area contributed by atoms with Crippen LogP contribution in [0.3, 0.4) is 0 Å². The third-order valence-corrected chi connectivity index (χ3v) is 4.11. The van der Waals surface area contributed by atoms with Crippen molar-refractivity contribution in [3.8, 4) is 0 Å². The summed E-state index contributed by atoms with van der Waals surface area (Å²) in [6, 6.07) is 0.139. The molecule has 0 aromatic carbocycles. The first kappa shape index (κ1) is 11.6. The number of carbonyl (C=O) groups is 1. The number of aliphatic hydroxyl groups excluding tert-OH is 1. The van der Waals surface area contributed by atoms with Crippen molar-refractivity contribution in [2.45, 2.75) is 51.7 Å². The summed E-state index contributed by atoms with van der Waals surface area (Å²) in [5.41, 5.74) is -0.166. The van der Waals surface area contributed by atoms with Gasteiger partial charge < -0.3 is 10.4 Å². The zero-order chi connectivity index (χ0) is 11.8. The van der Waals surface area contributed by atoms with Gasteiger partial charge in [0.05, 0.1) is 6.10 Å². The molecular weight excluding hydrogens is 202 g/mol. The highest BCUT2D eigenvalue weighted by atomic mass is 16.3. The average molecular weight is 223 g/mol. The standard InChI is InChI=1S/C13H21NO2/c1-13(2)10(8-11(13)15)14-12(16)7-9-5-3-4-6-9/h3,5,9-11,15H,4,6-8H2,1-2H3,(H,14,16). The van der Waals surface area contributed by atoms with Crippen LogP contribution in [0, 0.1) is 11.3 Å². The maximum Gasteiger partial charge on any atom is 0.220 e. The van der Waals surface area contributed by atoms with Crippen LogP contribution in [-0.2, 0) is 4.79 Å². The molecule has 3 heteroatoms. The number of aliphatic hydroxyl groups is 1. The van der Waals surface area contributed by atoms with Gasteiger partial charge in [0.2, 0.25) is 5.91 Å². The van der Waals surface area contributed by atoms with Crippen LogP contribution in [0.15, 0.2) is 12.2 Å². The maximum atomic E-state index is 11.8. The SMILES string of the molecule is CC1(C)C(O)CC1NC(=O)CC1C=CCC1. The Morgan fingerprint density at radius 3 is 2.81 bits per heavy atom. The smallest absolute Gasteiger partial charge is 0.220 e. The van der Waals surface area contributed by atoms with E-state index in [9.17, 15) is 9.90 Å². The molecule has 0 aromatic heterocycles. The van der Waals surface area contributed by atoms with Crippen LogP contribution < -0.4 is 5.32 Å². The van der Waals surface area contributed by atoms with E-state index in [1.165, 1.54) is 0 Å². The molecule has 0 radical (unpaired) electrons. The first-order valence-electron chi connectivity index (χ1n) is 6.14. The Balaban J connectivity index is 1.78. The van der Waals surface area contributed by atoms with Crippen LogP contribution >= 0.6 is 0 Å². The lowest BCUT2D eigenvalue weighted by Gasteiger charge is -2.49. The highest BCUT2D eigenvalue weighted by Crippen LogP contribution is 2.40. The average Bonchev–Trinajstić information content (AvgIpc) is 2.70. The van der Waals surface area contributed by atoms with Crippen molar-refractivity contribution in [2.75, 3.05) is 0 Å². The number of hydrogen-bond acceptors (Lipinski definition) is 2. The maximum absolute atomic E-state index is 11.8. The van der Waals surface area contributed by atoms with Gasteiger partial charge in [-0.3, -0.25) is 4.79 Å². The van der Waals surface area contributed by atoms with Crippen molar-refractivity contribution in [2.24, 2.45) is 11.3 Å². The summed E-state index contributed by atoms with van der Waals surface area (Å²) in [5.74, 6) is 0.551. The van der Waals surface area contributed by atoms with Gasteiger partial charge in [-0.25, -0.2) is 0 Å². The van der Waals surface area contributed by atoms with Crippen LogP contribution in [0.4, 0.5) is 0 Å². The second-order valence-electron chi connectivity index (χ2n) is 5.66. The summed E-state index contributed by atoms with van der Waals surface area (Å²) in [7, 11) is 0. The van der Waals surface area contributed by atoms with E-state index in [4.69, 9.17) is 0 Å². The molecule has 2 N–H and O–H groups in total. The van der Waals surface area contributed by atoms with Gasteiger partial charge in [0.15, 0.2) is 0 Å². The van der Waals surface area contributed by atoms with Gasteiger partial charge in [-0.15, -0.1) is 0 Å². The third-order valence-electron chi connectivity index (χ3n) is 4.11. The van der Waals surface area contributed by atoms with E-state index in [0.717, 1.165) is 12.8 Å². The number of rotatable bonds is 3. The fraction of sp³-hybridized carbons (Fsp3) is 0.769. The lowest BCUT2D eigenvalue weighted by Crippen LogP contribution is -2.61. The molecule has 0 saturated heterocycles. The van der Waals surface area contributed by atoms with E-state index in [0.29, 0.717) is 18.8 Å². The first-order chi connectivity index (χ1) is 7.50. The van der Waals surface area contributed by atoms with Crippen LogP contribution in [-0.4, -0.2) is 23.2 Å². The molecule has 2 rings (SSSR count). The van der Waals surface area contributed by atoms with E-state index >= 15 is 0 Å². The van der Waals surface area contributed by atoms with E-state index in [2.05, 4.69) is 17.5 Å². The van der Waals surface area contributed by atoms with E-state index < -0.39 is 0 Å². The molecule has 90 valence electrons. The molecule has 3 atom stereocenters. The number of nitrogens with one attached hydrogen (secondary N) is 1. The summed E-state index contributed by atoms with van der Waals surface area (Å²) in [6.45, 7) is 4.00. The summed E-state index contributed by atoms with van der Waals surface area (Å²) < 4.78 is 0. The van der Waals surface area contributed by atoms with E-state index in [1.54, 1.807) is 0 Å². The molecule has 1 amide bonds. The van der Waals surface area contributed by atoms with Crippen molar-refractivity contribution in [3.05, 3.63) is 12.2 Å². The van der Waals surface area contributed by atoms with Crippen molar-refractivity contribution in [3.63, 3.8) is 0 Å². The summed E-state index contributed by atoms with van der Waals surface area (Å²) in [5, 5.41) is 12.6.